The second kappa shape index (κ2) is 9.92. The second-order valence-corrected chi connectivity index (χ2v) is 9.64. The van der Waals surface area contributed by atoms with Crippen molar-refractivity contribution in [2.24, 2.45) is 22.7 Å². The molecule has 2 saturated carbocycles. The molecule has 0 spiro atoms. The predicted octanol–water partition coefficient (Wildman–Crippen LogP) is 4.89. The van der Waals surface area contributed by atoms with Crippen molar-refractivity contribution in [3.05, 3.63) is 23.8 Å². The van der Waals surface area contributed by atoms with Gasteiger partial charge >= 0.3 is 11.9 Å². The van der Waals surface area contributed by atoms with Crippen LogP contribution in [0.4, 0.5) is 0 Å². The lowest BCUT2D eigenvalue weighted by Crippen LogP contribution is -2.51. The maximum absolute atomic E-state index is 11.5. The summed E-state index contributed by atoms with van der Waals surface area (Å²) in [5.74, 6) is -0.483. The maximum Gasteiger partial charge on any atom is 0.306 e. The van der Waals surface area contributed by atoms with Gasteiger partial charge in [0.2, 0.25) is 0 Å². The molecule has 0 amide bonds. The van der Waals surface area contributed by atoms with Gasteiger partial charge in [-0.1, -0.05) is 38.0 Å². The number of aliphatic hydroxyl groups is 1. The molecule has 0 aromatic carbocycles. The molecule has 2 aliphatic carbocycles. The Labute approximate surface area is 175 Å². The van der Waals surface area contributed by atoms with E-state index in [-0.39, 0.29) is 36.9 Å². The number of ether oxygens (including phenoxy) is 1. The number of carboxylic acid groups (broad SMARTS) is 1. The Morgan fingerprint density at radius 2 is 1.97 bits per heavy atom. The zero-order valence-electron chi connectivity index (χ0n) is 18.3. The molecule has 5 nitrogen and oxygen atoms in total. The Morgan fingerprint density at radius 3 is 2.62 bits per heavy atom. The number of aliphatic hydroxyl groups excluding tert-OH is 1. The molecule has 0 bridgehead atoms. The molecule has 29 heavy (non-hydrogen) atoms. The van der Waals surface area contributed by atoms with E-state index in [9.17, 15) is 14.7 Å². The summed E-state index contributed by atoms with van der Waals surface area (Å²) in [4.78, 5) is 22.0. The summed E-state index contributed by atoms with van der Waals surface area (Å²) in [7, 11) is 0. The van der Waals surface area contributed by atoms with Crippen LogP contribution in [0.15, 0.2) is 23.8 Å². The Bertz CT molecular complexity index is 652. The Hall–Kier alpha value is -1.62. The van der Waals surface area contributed by atoms with Gasteiger partial charge in [-0.2, -0.15) is 0 Å². The van der Waals surface area contributed by atoms with Crippen LogP contribution in [0.5, 0.6) is 0 Å². The highest BCUT2D eigenvalue weighted by Gasteiger charge is 2.53. The SMILES string of the molecule is C=C1CC[C@H]2[C@@](C)(CO)CCC[C@]2(C)[C@H]1CC/C(C)=C/COC(=O)CCC(=O)O. The van der Waals surface area contributed by atoms with Crippen molar-refractivity contribution in [1.82, 2.24) is 0 Å². The smallest absolute Gasteiger partial charge is 0.306 e. The van der Waals surface area contributed by atoms with Gasteiger partial charge in [-0.05, 0) is 74.2 Å². The van der Waals surface area contributed by atoms with Gasteiger partial charge in [-0.15, -0.1) is 0 Å². The number of hydrogen-bond acceptors (Lipinski definition) is 4. The highest BCUT2D eigenvalue weighted by Crippen LogP contribution is 2.61. The lowest BCUT2D eigenvalue weighted by Gasteiger charge is -2.58. The third kappa shape index (κ3) is 5.71. The van der Waals surface area contributed by atoms with Gasteiger partial charge in [0.15, 0.2) is 0 Å². The van der Waals surface area contributed by atoms with Crippen molar-refractivity contribution >= 4 is 11.9 Å². The third-order valence-electron chi connectivity index (χ3n) is 7.55. The number of allylic oxidation sites excluding steroid dienone is 2. The largest absolute Gasteiger partial charge is 0.481 e. The number of aliphatic carboxylic acids is 1. The van der Waals surface area contributed by atoms with Gasteiger partial charge in [0.25, 0.3) is 0 Å². The zero-order chi connectivity index (χ0) is 21.7. The van der Waals surface area contributed by atoms with Gasteiger partial charge in [0, 0.05) is 6.61 Å². The van der Waals surface area contributed by atoms with Crippen LogP contribution in [0, 0.1) is 22.7 Å². The van der Waals surface area contributed by atoms with E-state index in [4.69, 9.17) is 9.84 Å². The zero-order valence-corrected chi connectivity index (χ0v) is 18.3. The van der Waals surface area contributed by atoms with Crippen molar-refractivity contribution in [2.75, 3.05) is 13.2 Å². The van der Waals surface area contributed by atoms with Crippen LogP contribution < -0.4 is 0 Å². The molecule has 5 heteroatoms. The molecule has 2 aliphatic rings. The molecule has 2 rings (SSSR count). The average Bonchev–Trinajstić information content (AvgIpc) is 2.65. The molecule has 4 atom stereocenters. The quantitative estimate of drug-likeness (QED) is 0.421. The van der Waals surface area contributed by atoms with Crippen LogP contribution in [-0.2, 0) is 14.3 Å². The number of carbonyl (C=O) groups excluding carboxylic acids is 1. The molecule has 0 heterocycles. The molecule has 2 fully saturated rings. The normalized spacial score (nSPS) is 32.6. The van der Waals surface area contributed by atoms with E-state index in [1.807, 2.05) is 6.08 Å². The predicted molar refractivity (Wildman–Crippen MR) is 113 cm³/mol. The molecule has 0 aromatic heterocycles. The molecule has 164 valence electrons. The van der Waals surface area contributed by atoms with Crippen molar-refractivity contribution < 1.29 is 24.5 Å². The first-order valence-corrected chi connectivity index (χ1v) is 10.9. The average molecular weight is 407 g/mol. The van der Waals surface area contributed by atoms with Crippen molar-refractivity contribution in [3.8, 4) is 0 Å². The standard InChI is InChI=1S/C24H38O5/c1-17(12-15-29-22(28)11-10-21(26)27)6-8-19-18(2)7-9-20-23(3,16-25)13-5-14-24(19,20)4/h12,19-20,25H,2,5-11,13-16H2,1,3-4H3,(H,26,27)/b17-12+/t19-,20-,23+,24+/m0/s1. The fourth-order valence-corrected chi connectivity index (χ4v) is 5.84. The number of fused-ring (bicyclic) bond motifs is 1. The molecule has 2 N–H and O–H groups in total. The highest BCUT2D eigenvalue weighted by molar-refractivity contribution is 5.76. The molecule has 0 radical (unpaired) electrons. The summed E-state index contributed by atoms with van der Waals surface area (Å²) in [6.07, 6.45) is 9.23. The lowest BCUT2D eigenvalue weighted by molar-refractivity contribution is -0.146. The molecule has 0 aliphatic heterocycles. The number of carboxylic acids is 1. The minimum Gasteiger partial charge on any atom is -0.481 e. The molecule has 0 saturated heterocycles. The van der Waals surface area contributed by atoms with Crippen molar-refractivity contribution in [1.29, 1.82) is 0 Å². The van der Waals surface area contributed by atoms with Gasteiger partial charge in [-0.25, -0.2) is 0 Å². The van der Waals surface area contributed by atoms with E-state index in [2.05, 4.69) is 27.4 Å². The van der Waals surface area contributed by atoms with Crippen LogP contribution in [0.2, 0.25) is 0 Å². The fraction of sp³-hybridized carbons (Fsp3) is 0.750. The summed E-state index contributed by atoms with van der Waals surface area (Å²) in [5, 5.41) is 18.7. The Morgan fingerprint density at radius 1 is 1.24 bits per heavy atom. The number of carbonyl (C=O) groups is 2. The van der Waals surface area contributed by atoms with E-state index in [1.54, 1.807) is 0 Å². The van der Waals surface area contributed by atoms with Crippen LogP contribution in [0.3, 0.4) is 0 Å². The second-order valence-electron chi connectivity index (χ2n) is 9.64. The van der Waals surface area contributed by atoms with Gasteiger partial charge in [0.1, 0.15) is 6.61 Å². The van der Waals surface area contributed by atoms with Crippen LogP contribution in [0.25, 0.3) is 0 Å². The minimum absolute atomic E-state index is 0.0149. The van der Waals surface area contributed by atoms with Crippen molar-refractivity contribution in [3.63, 3.8) is 0 Å². The lowest BCUT2D eigenvalue weighted by atomic mass is 9.47. The first-order valence-electron chi connectivity index (χ1n) is 10.9. The topological polar surface area (TPSA) is 83.8 Å². The monoisotopic (exact) mass is 406 g/mol. The molecular weight excluding hydrogens is 368 g/mol. The van der Waals surface area contributed by atoms with E-state index >= 15 is 0 Å². The first-order chi connectivity index (χ1) is 13.6. The molecule has 0 aromatic rings. The Balaban J connectivity index is 1.93. The summed E-state index contributed by atoms with van der Waals surface area (Å²) in [6, 6.07) is 0. The van der Waals surface area contributed by atoms with Gasteiger partial charge < -0.3 is 14.9 Å². The van der Waals surface area contributed by atoms with Crippen LogP contribution in [0.1, 0.15) is 78.6 Å². The minimum atomic E-state index is -0.992. The number of rotatable bonds is 9. The summed E-state index contributed by atoms with van der Waals surface area (Å²) in [5.41, 5.74) is 2.73. The van der Waals surface area contributed by atoms with E-state index in [1.165, 1.54) is 17.6 Å². The van der Waals surface area contributed by atoms with Gasteiger partial charge in [-0.3, -0.25) is 9.59 Å². The summed E-state index contributed by atoms with van der Waals surface area (Å²) >= 11 is 0. The van der Waals surface area contributed by atoms with E-state index in [0.29, 0.717) is 11.8 Å². The highest BCUT2D eigenvalue weighted by atomic mass is 16.5. The molecule has 0 unspecified atom stereocenters. The maximum atomic E-state index is 11.5. The fourth-order valence-electron chi connectivity index (χ4n) is 5.84. The van der Waals surface area contributed by atoms with Crippen LogP contribution >= 0.6 is 0 Å². The molecular formula is C24H38O5. The summed E-state index contributed by atoms with van der Waals surface area (Å²) in [6.45, 7) is 11.6. The summed E-state index contributed by atoms with van der Waals surface area (Å²) < 4.78 is 5.10. The van der Waals surface area contributed by atoms with E-state index < -0.39 is 11.9 Å². The van der Waals surface area contributed by atoms with Crippen LogP contribution in [-0.4, -0.2) is 35.4 Å². The van der Waals surface area contributed by atoms with Gasteiger partial charge in [0.05, 0.1) is 12.8 Å². The number of esters is 1. The Kier molecular flexibility index (Phi) is 8.10. The van der Waals surface area contributed by atoms with Crippen molar-refractivity contribution in [2.45, 2.75) is 78.6 Å². The number of hydrogen-bond donors (Lipinski definition) is 2. The van der Waals surface area contributed by atoms with E-state index in [0.717, 1.165) is 38.5 Å². The first kappa shape index (κ1) is 23.7. The third-order valence-corrected chi connectivity index (χ3v) is 7.55.